The van der Waals surface area contributed by atoms with E-state index >= 15 is 0 Å². The molecule has 0 aliphatic heterocycles. The standard InChI is InChI=1S/C53H36/c1-53(2)49-19-11-10-18-45(49)48-31-36-20-21-37(30-38(36)32-50(48)53)39-14-6-7-15-41(39)42-16-8-9-17-43(42)44-27-23-35-24-28-46-40(33-12-4-3-5-13-33)26-22-34-25-29-47(44)52(35)51(34)46/h3-32H,1-2H3. The number of rotatable bonds is 4. The van der Waals surface area contributed by atoms with Gasteiger partial charge in [-0.1, -0.05) is 178 Å². The normalized spacial score (nSPS) is 13.2. The van der Waals surface area contributed by atoms with E-state index in [0.717, 1.165) is 0 Å². The van der Waals surface area contributed by atoms with Gasteiger partial charge in [0.15, 0.2) is 0 Å². The Hall–Kier alpha value is -6.50. The molecule has 0 spiro atoms. The third-order valence-electron chi connectivity index (χ3n) is 12.0. The molecule has 0 radical (unpaired) electrons. The SMILES string of the molecule is CC1(C)c2ccccc2-c2cc3ccc(-c4ccccc4-c4ccccc4-c4ccc5ccc6c(-c7ccccc7)ccc7ccc4c5c76)cc3cc21. The lowest BCUT2D eigenvalue weighted by atomic mass is 9.81. The van der Waals surface area contributed by atoms with E-state index in [4.69, 9.17) is 0 Å². The molecule has 0 bridgehead atoms. The number of benzene rings is 10. The van der Waals surface area contributed by atoms with Gasteiger partial charge < -0.3 is 0 Å². The molecule has 0 N–H and O–H groups in total. The zero-order valence-electron chi connectivity index (χ0n) is 29.8. The maximum absolute atomic E-state index is 2.44. The van der Waals surface area contributed by atoms with E-state index in [1.54, 1.807) is 0 Å². The molecule has 0 saturated carbocycles. The van der Waals surface area contributed by atoms with Gasteiger partial charge in [-0.15, -0.1) is 0 Å². The van der Waals surface area contributed by atoms with Crippen molar-refractivity contribution in [2.75, 3.05) is 0 Å². The minimum Gasteiger partial charge on any atom is -0.0622 e. The Bertz CT molecular complexity index is 3070. The highest BCUT2D eigenvalue weighted by molar-refractivity contribution is 6.28. The smallest absolute Gasteiger partial charge is 0.0159 e. The topological polar surface area (TPSA) is 0 Å². The summed E-state index contributed by atoms with van der Waals surface area (Å²) in [5.74, 6) is 0. The summed E-state index contributed by atoms with van der Waals surface area (Å²) >= 11 is 0. The Morgan fingerprint density at radius 1 is 0.283 bits per heavy atom. The van der Waals surface area contributed by atoms with Gasteiger partial charge in [0.25, 0.3) is 0 Å². The second-order valence-electron chi connectivity index (χ2n) is 15.2. The van der Waals surface area contributed by atoms with Crippen LogP contribution < -0.4 is 0 Å². The fraction of sp³-hybridized carbons (Fsp3) is 0.0566. The van der Waals surface area contributed by atoms with E-state index in [1.807, 2.05) is 0 Å². The summed E-state index contributed by atoms with van der Waals surface area (Å²) in [6, 6.07) is 67.9. The van der Waals surface area contributed by atoms with E-state index in [1.165, 1.54) is 110 Å². The van der Waals surface area contributed by atoms with Gasteiger partial charge in [0.1, 0.15) is 0 Å². The van der Waals surface area contributed by atoms with Crippen molar-refractivity contribution in [2.24, 2.45) is 0 Å². The quantitative estimate of drug-likeness (QED) is 0.163. The van der Waals surface area contributed by atoms with Gasteiger partial charge in [0.05, 0.1) is 0 Å². The van der Waals surface area contributed by atoms with Gasteiger partial charge in [-0.3, -0.25) is 0 Å². The average Bonchev–Trinajstić information content (AvgIpc) is 3.44. The molecule has 10 aromatic rings. The Balaban J connectivity index is 1.08. The van der Waals surface area contributed by atoms with Gasteiger partial charge >= 0.3 is 0 Å². The molecule has 1 aliphatic carbocycles. The molecule has 0 unspecified atom stereocenters. The molecule has 0 nitrogen and oxygen atoms in total. The molecule has 0 saturated heterocycles. The van der Waals surface area contributed by atoms with Crippen LogP contribution >= 0.6 is 0 Å². The summed E-state index contributed by atoms with van der Waals surface area (Å²) in [6.07, 6.45) is 0. The molecule has 10 aromatic carbocycles. The third kappa shape index (κ3) is 4.42. The first-order valence-corrected chi connectivity index (χ1v) is 18.7. The van der Waals surface area contributed by atoms with Crippen molar-refractivity contribution in [3.8, 4) is 55.6 Å². The molecule has 0 atom stereocenters. The fourth-order valence-corrected chi connectivity index (χ4v) is 9.44. The van der Waals surface area contributed by atoms with Crippen molar-refractivity contribution < 1.29 is 0 Å². The van der Waals surface area contributed by atoms with Crippen LogP contribution in [0.15, 0.2) is 182 Å². The summed E-state index contributed by atoms with van der Waals surface area (Å²) < 4.78 is 0. The first kappa shape index (κ1) is 30.2. The second-order valence-corrected chi connectivity index (χ2v) is 15.2. The lowest BCUT2D eigenvalue weighted by Crippen LogP contribution is -2.14. The van der Waals surface area contributed by atoms with Crippen molar-refractivity contribution in [1.29, 1.82) is 0 Å². The van der Waals surface area contributed by atoms with Crippen LogP contribution in [0.3, 0.4) is 0 Å². The average molecular weight is 673 g/mol. The van der Waals surface area contributed by atoms with Crippen molar-refractivity contribution in [1.82, 2.24) is 0 Å². The molecule has 0 fully saturated rings. The van der Waals surface area contributed by atoms with Crippen molar-refractivity contribution in [3.63, 3.8) is 0 Å². The molecule has 11 rings (SSSR count). The van der Waals surface area contributed by atoms with Gasteiger partial charge in [-0.25, -0.2) is 0 Å². The Labute approximate surface area is 310 Å². The van der Waals surface area contributed by atoms with E-state index in [-0.39, 0.29) is 5.41 Å². The maximum Gasteiger partial charge on any atom is 0.0159 e. The van der Waals surface area contributed by atoms with Crippen LogP contribution in [0.5, 0.6) is 0 Å². The van der Waals surface area contributed by atoms with Crippen molar-refractivity contribution >= 4 is 43.1 Å². The molecule has 1 aliphatic rings. The van der Waals surface area contributed by atoms with Gasteiger partial charge in [-0.2, -0.15) is 0 Å². The molecule has 0 aromatic heterocycles. The lowest BCUT2D eigenvalue weighted by molar-refractivity contribution is 0.661. The predicted molar refractivity (Wildman–Crippen MR) is 227 cm³/mol. The minimum absolute atomic E-state index is 0.0310. The van der Waals surface area contributed by atoms with Crippen molar-refractivity contribution in [2.45, 2.75) is 19.3 Å². The lowest BCUT2D eigenvalue weighted by Gasteiger charge is -2.22. The number of fused-ring (bicyclic) bond motifs is 4. The zero-order chi connectivity index (χ0) is 35.3. The molecule has 53 heavy (non-hydrogen) atoms. The summed E-state index contributed by atoms with van der Waals surface area (Å²) in [5, 5.41) is 10.4. The molecule has 0 heterocycles. The zero-order valence-corrected chi connectivity index (χ0v) is 29.8. The second kappa shape index (κ2) is 11.2. The molecular weight excluding hydrogens is 637 g/mol. The van der Waals surface area contributed by atoms with Gasteiger partial charge in [0.2, 0.25) is 0 Å². The van der Waals surface area contributed by atoms with Crippen LogP contribution in [0.4, 0.5) is 0 Å². The Morgan fingerprint density at radius 2 is 0.811 bits per heavy atom. The first-order valence-electron chi connectivity index (χ1n) is 18.7. The van der Waals surface area contributed by atoms with Crippen molar-refractivity contribution in [3.05, 3.63) is 193 Å². The molecule has 0 amide bonds. The van der Waals surface area contributed by atoms with Crippen LogP contribution in [-0.4, -0.2) is 0 Å². The minimum atomic E-state index is -0.0310. The summed E-state index contributed by atoms with van der Waals surface area (Å²) in [5.41, 5.74) is 15.5. The van der Waals surface area contributed by atoms with Crippen LogP contribution in [0.1, 0.15) is 25.0 Å². The number of hydrogen-bond acceptors (Lipinski definition) is 0. The highest BCUT2D eigenvalue weighted by atomic mass is 14.4. The van der Waals surface area contributed by atoms with Crippen LogP contribution in [0.2, 0.25) is 0 Å². The van der Waals surface area contributed by atoms with E-state index < -0.39 is 0 Å². The van der Waals surface area contributed by atoms with Crippen LogP contribution in [0, 0.1) is 0 Å². The van der Waals surface area contributed by atoms with Crippen LogP contribution in [-0.2, 0) is 5.41 Å². The molecular formula is C53H36. The monoisotopic (exact) mass is 672 g/mol. The summed E-state index contributed by atoms with van der Waals surface area (Å²) in [6.45, 7) is 4.72. The Morgan fingerprint density at radius 3 is 1.53 bits per heavy atom. The molecule has 0 heteroatoms. The van der Waals surface area contributed by atoms with Crippen LogP contribution in [0.25, 0.3) is 98.7 Å². The highest BCUT2D eigenvalue weighted by Gasteiger charge is 2.35. The van der Waals surface area contributed by atoms with E-state index in [9.17, 15) is 0 Å². The predicted octanol–water partition coefficient (Wildman–Crippen LogP) is 14.7. The summed E-state index contributed by atoms with van der Waals surface area (Å²) in [4.78, 5) is 0. The van der Waals surface area contributed by atoms with E-state index in [0.29, 0.717) is 0 Å². The third-order valence-corrected chi connectivity index (χ3v) is 12.0. The maximum atomic E-state index is 2.44. The van der Waals surface area contributed by atoms with Gasteiger partial charge in [0, 0.05) is 5.41 Å². The fourth-order valence-electron chi connectivity index (χ4n) is 9.44. The summed E-state index contributed by atoms with van der Waals surface area (Å²) in [7, 11) is 0. The molecule has 248 valence electrons. The van der Waals surface area contributed by atoms with E-state index in [2.05, 4.69) is 196 Å². The van der Waals surface area contributed by atoms with Gasteiger partial charge in [-0.05, 0) is 128 Å². The Kier molecular flexibility index (Phi) is 6.40. The highest BCUT2D eigenvalue weighted by Crippen LogP contribution is 2.50. The first-order chi connectivity index (χ1) is 26.0. The largest absolute Gasteiger partial charge is 0.0622 e. The number of hydrogen-bond donors (Lipinski definition) is 0.